The van der Waals surface area contributed by atoms with Crippen molar-refractivity contribution in [2.75, 3.05) is 5.75 Å². The molecule has 0 amide bonds. The molecule has 7 nitrogen and oxygen atoms in total. The van der Waals surface area contributed by atoms with E-state index >= 15 is 0 Å². The third kappa shape index (κ3) is 4.12. The van der Waals surface area contributed by atoms with E-state index in [1.807, 2.05) is 19.1 Å². The fraction of sp³-hybridized carbons (Fsp3) is 0.250. The first-order chi connectivity index (χ1) is 13.7. The molecule has 0 fully saturated rings. The highest BCUT2D eigenvalue weighted by atomic mass is 32.2. The van der Waals surface area contributed by atoms with Crippen molar-refractivity contribution in [2.24, 2.45) is 0 Å². The molecule has 8 heteroatoms. The SMILES string of the molecule is Cc1ccc(-n2c(C)nnc2SCCCc2nc(-c3ccncc3)no2)cc1. The number of benzene rings is 1. The minimum Gasteiger partial charge on any atom is -0.339 e. The molecule has 0 bridgehead atoms. The lowest BCUT2D eigenvalue weighted by molar-refractivity contribution is 0.378. The van der Waals surface area contributed by atoms with Crippen LogP contribution in [-0.4, -0.2) is 35.6 Å². The molecule has 0 atom stereocenters. The number of hydrogen-bond donors (Lipinski definition) is 0. The average Bonchev–Trinajstić information content (AvgIpc) is 3.34. The minimum atomic E-state index is 0.597. The topological polar surface area (TPSA) is 82.5 Å². The van der Waals surface area contributed by atoms with E-state index < -0.39 is 0 Å². The number of rotatable bonds is 7. The van der Waals surface area contributed by atoms with E-state index in [0.29, 0.717) is 11.7 Å². The van der Waals surface area contributed by atoms with E-state index in [9.17, 15) is 0 Å². The van der Waals surface area contributed by atoms with Crippen molar-refractivity contribution in [3.63, 3.8) is 0 Å². The van der Waals surface area contributed by atoms with E-state index in [0.717, 1.165) is 40.8 Å². The lowest BCUT2D eigenvalue weighted by Crippen LogP contribution is -1.99. The molecule has 0 saturated heterocycles. The van der Waals surface area contributed by atoms with Gasteiger partial charge in [0.25, 0.3) is 0 Å². The molecule has 0 radical (unpaired) electrons. The van der Waals surface area contributed by atoms with E-state index in [1.54, 1.807) is 24.2 Å². The van der Waals surface area contributed by atoms with Gasteiger partial charge in [0.15, 0.2) is 5.16 Å². The summed E-state index contributed by atoms with van der Waals surface area (Å²) >= 11 is 1.68. The minimum absolute atomic E-state index is 0.597. The fourth-order valence-corrected chi connectivity index (χ4v) is 3.73. The lowest BCUT2D eigenvalue weighted by Gasteiger charge is -2.08. The molecule has 0 aliphatic rings. The van der Waals surface area contributed by atoms with Crippen LogP contribution in [0.4, 0.5) is 0 Å². The number of nitrogens with zero attached hydrogens (tertiary/aromatic N) is 6. The zero-order chi connectivity index (χ0) is 19.3. The van der Waals surface area contributed by atoms with Crippen molar-refractivity contribution in [3.05, 3.63) is 66.1 Å². The first kappa shape index (κ1) is 18.4. The van der Waals surface area contributed by atoms with Crippen LogP contribution < -0.4 is 0 Å². The highest BCUT2D eigenvalue weighted by molar-refractivity contribution is 7.99. The number of thioether (sulfide) groups is 1. The van der Waals surface area contributed by atoms with Gasteiger partial charge in [0, 0.05) is 35.8 Å². The maximum absolute atomic E-state index is 5.36. The normalized spacial score (nSPS) is 11.1. The molecule has 0 N–H and O–H groups in total. The van der Waals surface area contributed by atoms with Crippen LogP contribution in [-0.2, 0) is 6.42 Å². The number of aromatic nitrogens is 6. The van der Waals surface area contributed by atoms with Gasteiger partial charge in [-0.1, -0.05) is 34.6 Å². The van der Waals surface area contributed by atoms with Crippen LogP contribution in [0.25, 0.3) is 17.1 Å². The fourth-order valence-electron chi connectivity index (χ4n) is 2.79. The number of aryl methyl sites for hydroxylation is 3. The highest BCUT2D eigenvalue weighted by Crippen LogP contribution is 2.23. The van der Waals surface area contributed by atoms with Crippen LogP contribution in [0.2, 0.25) is 0 Å². The summed E-state index contributed by atoms with van der Waals surface area (Å²) < 4.78 is 7.44. The summed E-state index contributed by atoms with van der Waals surface area (Å²) in [6.07, 6.45) is 5.06. The van der Waals surface area contributed by atoms with E-state index in [2.05, 4.69) is 61.1 Å². The maximum atomic E-state index is 5.36. The summed E-state index contributed by atoms with van der Waals surface area (Å²) in [6, 6.07) is 12.1. The molecule has 0 spiro atoms. The van der Waals surface area contributed by atoms with Gasteiger partial charge in [0.2, 0.25) is 11.7 Å². The van der Waals surface area contributed by atoms with Crippen molar-refractivity contribution < 1.29 is 4.52 Å². The molecule has 4 rings (SSSR count). The van der Waals surface area contributed by atoms with Gasteiger partial charge in [-0.3, -0.25) is 9.55 Å². The van der Waals surface area contributed by atoms with Crippen LogP contribution in [0.1, 0.15) is 23.7 Å². The maximum Gasteiger partial charge on any atom is 0.226 e. The molecule has 3 aromatic heterocycles. The number of hydrogen-bond acceptors (Lipinski definition) is 7. The molecule has 0 saturated carbocycles. The highest BCUT2D eigenvalue weighted by Gasteiger charge is 2.12. The molecule has 0 unspecified atom stereocenters. The van der Waals surface area contributed by atoms with Gasteiger partial charge in [-0.05, 0) is 44.5 Å². The standard InChI is InChI=1S/C20H20N6OS/c1-14-5-7-17(8-6-14)26-15(2)23-24-20(26)28-13-3-4-18-22-19(25-27-18)16-9-11-21-12-10-16/h5-12H,3-4,13H2,1-2H3. The smallest absolute Gasteiger partial charge is 0.226 e. The summed E-state index contributed by atoms with van der Waals surface area (Å²) in [4.78, 5) is 8.45. The molecule has 142 valence electrons. The molecule has 1 aromatic carbocycles. The average molecular weight is 392 g/mol. The summed E-state index contributed by atoms with van der Waals surface area (Å²) in [7, 11) is 0. The summed E-state index contributed by atoms with van der Waals surface area (Å²) in [5.74, 6) is 3.00. The molecule has 3 heterocycles. The quantitative estimate of drug-likeness (QED) is 0.346. The molecular formula is C20H20N6OS. The molecular weight excluding hydrogens is 372 g/mol. The van der Waals surface area contributed by atoms with Gasteiger partial charge >= 0.3 is 0 Å². The first-order valence-electron chi connectivity index (χ1n) is 9.05. The third-order valence-corrected chi connectivity index (χ3v) is 5.28. The monoisotopic (exact) mass is 392 g/mol. The Labute approximate surface area is 167 Å². The van der Waals surface area contributed by atoms with Crippen LogP contribution in [0, 0.1) is 13.8 Å². The van der Waals surface area contributed by atoms with Gasteiger partial charge in [0.1, 0.15) is 5.82 Å². The summed E-state index contributed by atoms with van der Waals surface area (Å²) in [5, 5.41) is 13.5. The van der Waals surface area contributed by atoms with Crippen LogP contribution >= 0.6 is 11.8 Å². The second-order valence-corrected chi connectivity index (χ2v) is 7.46. The van der Waals surface area contributed by atoms with Gasteiger partial charge < -0.3 is 4.52 Å². The van der Waals surface area contributed by atoms with Crippen LogP contribution in [0.3, 0.4) is 0 Å². The predicted octanol–water partition coefficient (Wildman–Crippen LogP) is 4.05. The predicted molar refractivity (Wildman–Crippen MR) is 107 cm³/mol. The number of pyridine rings is 1. The van der Waals surface area contributed by atoms with Gasteiger partial charge in [-0.25, -0.2) is 0 Å². The van der Waals surface area contributed by atoms with Crippen molar-refractivity contribution in [2.45, 2.75) is 31.8 Å². The first-order valence-corrected chi connectivity index (χ1v) is 10.0. The summed E-state index contributed by atoms with van der Waals surface area (Å²) in [6.45, 7) is 4.05. The Morgan fingerprint density at radius 2 is 1.79 bits per heavy atom. The Morgan fingerprint density at radius 3 is 2.57 bits per heavy atom. The van der Waals surface area contributed by atoms with E-state index in [-0.39, 0.29) is 0 Å². The van der Waals surface area contributed by atoms with Crippen molar-refractivity contribution >= 4 is 11.8 Å². The van der Waals surface area contributed by atoms with E-state index in [1.165, 1.54) is 5.56 Å². The Hall–Kier alpha value is -3.00. The molecule has 4 aromatic rings. The Balaban J connectivity index is 1.35. The lowest BCUT2D eigenvalue weighted by atomic mass is 10.2. The molecule has 0 aliphatic heterocycles. The van der Waals surface area contributed by atoms with E-state index in [4.69, 9.17) is 4.52 Å². The van der Waals surface area contributed by atoms with Crippen molar-refractivity contribution in [1.29, 1.82) is 0 Å². The van der Waals surface area contributed by atoms with Crippen molar-refractivity contribution in [3.8, 4) is 17.1 Å². The molecule has 28 heavy (non-hydrogen) atoms. The van der Waals surface area contributed by atoms with Crippen LogP contribution in [0.5, 0.6) is 0 Å². The Kier molecular flexibility index (Phi) is 5.48. The van der Waals surface area contributed by atoms with Gasteiger partial charge in [0.05, 0.1) is 0 Å². The third-order valence-electron chi connectivity index (χ3n) is 4.26. The molecule has 0 aliphatic carbocycles. The Morgan fingerprint density at radius 1 is 1.00 bits per heavy atom. The largest absolute Gasteiger partial charge is 0.339 e. The van der Waals surface area contributed by atoms with Gasteiger partial charge in [-0.15, -0.1) is 10.2 Å². The zero-order valence-electron chi connectivity index (χ0n) is 15.7. The van der Waals surface area contributed by atoms with Crippen LogP contribution in [0.15, 0.2) is 58.5 Å². The second-order valence-electron chi connectivity index (χ2n) is 6.40. The Bertz CT molecular complexity index is 1040. The zero-order valence-corrected chi connectivity index (χ0v) is 16.6. The van der Waals surface area contributed by atoms with Crippen molar-refractivity contribution in [1.82, 2.24) is 29.9 Å². The van der Waals surface area contributed by atoms with Gasteiger partial charge in [-0.2, -0.15) is 4.98 Å². The second kappa shape index (κ2) is 8.35. The summed E-state index contributed by atoms with van der Waals surface area (Å²) in [5.41, 5.74) is 3.21.